The van der Waals surface area contributed by atoms with Crippen LogP contribution in [0.25, 0.3) is 34.4 Å². The SMILES string of the molecule is CC1c2cc(C=Cc3ccc(-c4ccc5c(c4)C4c6ccccc6C5c5ccccc54)cc3)ccc2-c2ccc(N(c3ccccc3)c3ccccc3)cc21. The highest BCUT2D eigenvalue weighted by Crippen LogP contribution is 2.56. The lowest BCUT2D eigenvalue weighted by atomic mass is 9.61. The molecular formula is C54H39N. The molecular weight excluding hydrogens is 663 g/mol. The second-order valence-corrected chi connectivity index (χ2v) is 15.3. The molecule has 2 bridgehead atoms. The van der Waals surface area contributed by atoms with Crippen LogP contribution in [-0.2, 0) is 0 Å². The van der Waals surface area contributed by atoms with E-state index in [-0.39, 0.29) is 5.92 Å². The van der Waals surface area contributed by atoms with Gasteiger partial charge in [0, 0.05) is 34.8 Å². The number of para-hydroxylation sites is 2. The summed E-state index contributed by atoms with van der Waals surface area (Å²) in [5.41, 5.74) is 22.7. The Bertz CT molecular complexity index is 2690. The Labute approximate surface area is 323 Å². The first-order valence-corrected chi connectivity index (χ1v) is 19.5. The van der Waals surface area contributed by atoms with Crippen LogP contribution in [0.5, 0.6) is 0 Å². The highest BCUT2D eigenvalue weighted by Gasteiger charge is 2.41. The molecule has 0 saturated carbocycles. The zero-order chi connectivity index (χ0) is 36.5. The number of hydrogen-bond donors (Lipinski definition) is 0. The minimum Gasteiger partial charge on any atom is -0.310 e. The van der Waals surface area contributed by atoms with E-state index >= 15 is 0 Å². The number of rotatable bonds is 6. The Balaban J connectivity index is 0.849. The van der Waals surface area contributed by atoms with Crippen molar-refractivity contribution >= 4 is 29.2 Å². The van der Waals surface area contributed by atoms with Crippen molar-refractivity contribution in [3.63, 3.8) is 0 Å². The third-order valence-electron chi connectivity index (χ3n) is 12.3. The molecule has 12 rings (SSSR count). The standard InChI is InChI=1S/C54H39N/c1-35-50-32-37(24-29-43(50)44-31-28-42(34-51(35)44)55(40-12-4-2-5-13-40)41-14-6-3-7-15-41)21-20-36-22-25-38(26-23-36)39-27-30-49-52(33-39)54-47-18-10-8-16-45(47)53(49)46-17-9-11-19-48(46)54/h2-35,53-54H,1H3. The van der Waals surface area contributed by atoms with Crippen molar-refractivity contribution in [2.75, 3.05) is 4.90 Å². The molecule has 0 amide bonds. The lowest BCUT2D eigenvalue weighted by molar-refractivity contribution is 0.755. The highest BCUT2D eigenvalue weighted by molar-refractivity contribution is 5.86. The molecule has 0 aromatic heterocycles. The minimum atomic E-state index is 0.290. The maximum atomic E-state index is 2.46. The van der Waals surface area contributed by atoms with Gasteiger partial charge in [-0.3, -0.25) is 0 Å². The molecule has 0 saturated heterocycles. The highest BCUT2D eigenvalue weighted by atomic mass is 15.1. The first kappa shape index (κ1) is 31.8. The Morgan fingerprint density at radius 3 is 1.44 bits per heavy atom. The van der Waals surface area contributed by atoms with E-state index in [2.05, 4.69) is 212 Å². The summed E-state index contributed by atoms with van der Waals surface area (Å²) in [6.07, 6.45) is 4.50. The summed E-state index contributed by atoms with van der Waals surface area (Å²) in [4.78, 5) is 2.35. The van der Waals surface area contributed by atoms with E-state index in [9.17, 15) is 0 Å². The smallest absolute Gasteiger partial charge is 0.0465 e. The van der Waals surface area contributed by atoms with E-state index in [0.29, 0.717) is 11.8 Å². The van der Waals surface area contributed by atoms with Crippen molar-refractivity contribution in [2.45, 2.75) is 24.7 Å². The third kappa shape index (κ3) is 5.15. The second kappa shape index (κ2) is 12.7. The van der Waals surface area contributed by atoms with Gasteiger partial charge >= 0.3 is 0 Å². The number of anilines is 3. The summed E-state index contributed by atoms with van der Waals surface area (Å²) in [6, 6.07) is 69.6. The molecule has 0 radical (unpaired) electrons. The molecule has 8 aromatic rings. The van der Waals surface area contributed by atoms with Crippen LogP contribution in [0.15, 0.2) is 188 Å². The minimum absolute atomic E-state index is 0.290. The maximum absolute atomic E-state index is 2.46. The van der Waals surface area contributed by atoms with Gasteiger partial charge in [-0.25, -0.2) is 0 Å². The zero-order valence-electron chi connectivity index (χ0n) is 30.7. The van der Waals surface area contributed by atoms with E-state index in [1.165, 1.54) is 83.6 Å². The fraction of sp³-hybridized carbons (Fsp3) is 0.0741. The molecule has 0 aliphatic heterocycles. The van der Waals surface area contributed by atoms with Crippen molar-refractivity contribution in [1.82, 2.24) is 0 Å². The molecule has 4 aliphatic rings. The third-order valence-corrected chi connectivity index (χ3v) is 12.3. The summed E-state index contributed by atoms with van der Waals surface area (Å²) in [5.74, 6) is 0.907. The van der Waals surface area contributed by atoms with Gasteiger partial charge in [0.2, 0.25) is 0 Å². The molecule has 1 heteroatoms. The Kier molecular flexibility index (Phi) is 7.35. The van der Waals surface area contributed by atoms with Gasteiger partial charge in [0.05, 0.1) is 0 Å². The van der Waals surface area contributed by atoms with Crippen LogP contribution >= 0.6 is 0 Å². The van der Waals surface area contributed by atoms with Gasteiger partial charge in [-0.1, -0.05) is 165 Å². The van der Waals surface area contributed by atoms with Gasteiger partial charge in [0.15, 0.2) is 0 Å². The Morgan fingerprint density at radius 1 is 0.345 bits per heavy atom. The monoisotopic (exact) mass is 701 g/mol. The number of benzene rings is 8. The van der Waals surface area contributed by atoms with Crippen LogP contribution in [0.1, 0.15) is 80.3 Å². The topological polar surface area (TPSA) is 3.24 Å². The van der Waals surface area contributed by atoms with Crippen LogP contribution in [-0.4, -0.2) is 0 Å². The van der Waals surface area contributed by atoms with Gasteiger partial charge < -0.3 is 4.90 Å². The van der Waals surface area contributed by atoms with Crippen molar-refractivity contribution in [3.05, 3.63) is 244 Å². The summed E-state index contributed by atoms with van der Waals surface area (Å²) < 4.78 is 0. The van der Waals surface area contributed by atoms with Crippen LogP contribution in [0.2, 0.25) is 0 Å². The molecule has 0 fully saturated rings. The fourth-order valence-corrected chi connectivity index (χ4v) is 9.67. The second-order valence-electron chi connectivity index (χ2n) is 15.3. The first-order valence-electron chi connectivity index (χ1n) is 19.5. The Hall–Kier alpha value is -6.70. The van der Waals surface area contributed by atoms with E-state index in [4.69, 9.17) is 0 Å². The maximum Gasteiger partial charge on any atom is 0.0465 e. The average molecular weight is 702 g/mol. The van der Waals surface area contributed by atoms with E-state index in [1.807, 2.05) is 0 Å². The van der Waals surface area contributed by atoms with Gasteiger partial charge in [-0.15, -0.1) is 0 Å². The predicted octanol–water partition coefficient (Wildman–Crippen LogP) is 14.1. The number of hydrogen-bond acceptors (Lipinski definition) is 1. The number of nitrogens with zero attached hydrogens (tertiary/aromatic N) is 1. The number of fused-ring (bicyclic) bond motifs is 3. The normalized spacial score (nSPS) is 16.9. The van der Waals surface area contributed by atoms with Crippen LogP contribution in [0, 0.1) is 0 Å². The van der Waals surface area contributed by atoms with Gasteiger partial charge in [0.25, 0.3) is 0 Å². The van der Waals surface area contributed by atoms with Crippen molar-refractivity contribution in [3.8, 4) is 22.3 Å². The molecule has 0 heterocycles. The van der Waals surface area contributed by atoms with E-state index < -0.39 is 0 Å². The molecule has 260 valence electrons. The molecule has 0 N–H and O–H groups in total. The predicted molar refractivity (Wildman–Crippen MR) is 230 cm³/mol. The molecule has 4 aliphatic carbocycles. The summed E-state index contributed by atoms with van der Waals surface area (Å²) in [7, 11) is 0. The molecule has 1 nitrogen and oxygen atoms in total. The van der Waals surface area contributed by atoms with E-state index in [1.54, 1.807) is 0 Å². The Morgan fingerprint density at radius 2 is 0.818 bits per heavy atom. The van der Waals surface area contributed by atoms with Crippen molar-refractivity contribution in [1.29, 1.82) is 0 Å². The van der Waals surface area contributed by atoms with Crippen molar-refractivity contribution < 1.29 is 0 Å². The van der Waals surface area contributed by atoms with Gasteiger partial charge in [0.1, 0.15) is 0 Å². The van der Waals surface area contributed by atoms with Gasteiger partial charge in [-0.2, -0.15) is 0 Å². The molecule has 55 heavy (non-hydrogen) atoms. The van der Waals surface area contributed by atoms with Crippen LogP contribution in [0.4, 0.5) is 17.1 Å². The lowest BCUT2D eigenvalue weighted by Gasteiger charge is -2.42. The lowest BCUT2D eigenvalue weighted by Crippen LogP contribution is -2.27. The molecule has 1 unspecified atom stereocenters. The van der Waals surface area contributed by atoms with Crippen molar-refractivity contribution in [2.24, 2.45) is 0 Å². The fourth-order valence-electron chi connectivity index (χ4n) is 9.67. The quantitative estimate of drug-likeness (QED) is 0.156. The molecule has 8 aromatic carbocycles. The summed E-state index contributed by atoms with van der Waals surface area (Å²) in [5, 5.41) is 0. The summed E-state index contributed by atoms with van der Waals surface area (Å²) >= 11 is 0. The van der Waals surface area contributed by atoms with Crippen LogP contribution in [0.3, 0.4) is 0 Å². The van der Waals surface area contributed by atoms with Crippen LogP contribution < -0.4 is 4.90 Å². The van der Waals surface area contributed by atoms with Gasteiger partial charge in [-0.05, 0) is 120 Å². The van der Waals surface area contributed by atoms with E-state index in [0.717, 1.165) is 11.4 Å². The molecule has 0 spiro atoms. The first-order chi connectivity index (χ1) is 27.2. The average Bonchev–Trinajstić information content (AvgIpc) is 3.53. The summed E-state index contributed by atoms with van der Waals surface area (Å²) in [6.45, 7) is 2.35. The zero-order valence-corrected chi connectivity index (χ0v) is 30.7. The molecule has 1 atom stereocenters. The largest absolute Gasteiger partial charge is 0.310 e.